The van der Waals surface area contributed by atoms with E-state index < -0.39 is 0 Å². The summed E-state index contributed by atoms with van der Waals surface area (Å²) in [6.07, 6.45) is 0. The Hall–Kier alpha value is -7.37. The minimum atomic E-state index is 0.561. The van der Waals surface area contributed by atoms with Crippen molar-refractivity contribution in [3.63, 3.8) is 0 Å². The zero-order chi connectivity index (χ0) is 35.6. The monoisotopic (exact) mass is 691 g/mol. The summed E-state index contributed by atoms with van der Waals surface area (Å²) in [5, 5.41) is 6.50. The van der Waals surface area contributed by atoms with Gasteiger partial charge in [0.1, 0.15) is 22.3 Å². The van der Waals surface area contributed by atoms with Gasteiger partial charge < -0.3 is 8.83 Å². The third-order valence-corrected chi connectivity index (χ3v) is 10.4. The van der Waals surface area contributed by atoms with Crippen LogP contribution in [0.5, 0.6) is 0 Å². The van der Waals surface area contributed by atoms with Crippen molar-refractivity contribution in [2.45, 2.75) is 0 Å². The van der Waals surface area contributed by atoms with Gasteiger partial charge in [-0.15, -0.1) is 0 Å². The molecular weight excluding hydrogens is 663 g/mol. The van der Waals surface area contributed by atoms with Gasteiger partial charge in [0.05, 0.1) is 5.56 Å². The molecule has 0 bridgehead atoms. The highest BCUT2D eigenvalue weighted by Crippen LogP contribution is 2.41. The van der Waals surface area contributed by atoms with Crippen LogP contribution in [-0.4, -0.2) is 15.0 Å². The molecule has 0 amide bonds. The van der Waals surface area contributed by atoms with E-state index in [2.05, 4.69) is 109 Å². The van der Waals surface area contributed by atoms with Crippen LogP contribution in [0.15, 0.2) is 185 Å². The minimum absolute atomic E-state index is 0.561. The lowest BCUT2D eigenvalue weighted by Gasteiger charge is -2.11. The van der Waals surface area contributed by atoms with E-state index >= 15 is 0 Å². The Kier molecular flexibility index (Phi) is 6.79. The quantitative estimate of drug-likeness (QED) is 0.180. The maximum atomic E-state index is 6.61. The molecule has 252 valence electrons. The molecule has 11 rings (SSSR count). The van der Waals surface area contributed by atoms with Crippen LogP contribution in [0.4, 0.5) is 0 Å². The van der Waals surface area contributed by atoms with Gasteiger partial charge in [0.25, 0.3) is 0 Å². The molecule has 0 saturated heterocycles. The third kappa shape index (κ3) is 4.90. The summed E-state index contributed by atoms with van der Waals surface area (Å²) < 4.78 is 13.0. The number of para-hydroxylation sites is 2. The predicted molar refractivity (Wildman–Crippen MR) is 219 cm³/mol. The van der Waals surface area contributed by atoms with Crippen LogP contribution in [0, 0.1) is 0 Å². The van der Waals surface area contributed by atoms with Crippen LogP contribution in [-0.2, 0) is 0 Å². The molecule has 0 aliphatic rings. The van der Waals surface area contributed by atoms with Gasteiger partial charge in [-0.2, -0.15) is 0 Å². The Labute approximate surface area is 309 Å². The number of nitrogens with zero attached hydrogens (tertiary/aromatic N) is 3. The van der Waals surface area contributed by atoms with Crippen LogP contribution >= 0.6 is 0 Å². The van der Waals surface area contributed by atoms with E-state index in [-0.39, 0.29) is 0 Å². The Morgan fingerprint density at radius 2 is 0.815 bits per heavy atom. The maximum absolute atomic E-state index is 6.61. The lowest BCUT2D eigenvalue weighted by Crippen LogP contribution is -2.00. The topological polar surface area (TPSA) is 65.0 Å². The van der Waals surface area contributed by atoms with Crippen molar-refractivity contribution in [3.05, 3.63) is 176 Å². The normalized spacial score (nSPS) is 11.7. The predicted octanol–water partition coefficient (Wildman–Crippen LogP) is 13.2. The highest BCUT2D eigenvalue weighted by Gasteiger charge is 2.19. The number of benzene rings is 8. The smallest absolute Gasteiger partial charge is 0.167 e. The van der Waals surface area contributed by atoms with Crippen LogP contribution in [0.25, 0.3) is 111 Å². The fraction of sp³-hybridized carbons (Fsp3) is 0. The van der Waals surface area contributed by atoms with Gasteiger partial charge in [-0.25, -0.2) is 15.0 Å². The molecule has 0 radical (unpaired) electrons. The summed E-state index contributed by atoms with van der Waals surface area (Å²) in [7, 11) is 0. The van der Waals surface area contributed by atoms with Crippen molar-refractivity contribution >= 4 is 54.6 Å². The standard InChI is InChI=1S/C49H29N3O2/c1-3-12-30(13-4-1)34-26-27-37-42-29-41(35-16-7-8-18-38(35)46(42)54-44(37)28-34)31-22-24-33(25-23-31)48-50-47(32-14-5-2-6-15-32)51-49(52-48)40-20-11-19-39-36-17-9-10-21-43(36)53-45(39)40/h1-29H. The molecule has 0 aliphatic heterocycles. The van der Waals surface area contributed by atoms with Gasteiger partial charge in [-0.3, -0.25) is 0 Å². The Balaban J connectivity index is 1.04. The molecule has 0 aliphatic carbocycles. The molecule has 11 aromatic rings. The van der Waals surface area contributed by atoms with Crippen molar-refractivity contribution in [2.24, 2.45) is 0 Å². The first-order valence-electron chi connectivity index (χ1n) is 18.0. The first-order chi connectivity index (χ1) is 26.7. The molecule has 0 unspecified atom stereocenters. The lowest BCUT2D eigenvalue weighted by atomic mass is 9.94. The molecule has 0 spiro atoms. The average Bonchev–Trinajstić information content (AvgIpc) is 3.82. The summed E-state index contributed by atoms with van der Waals surface area (Å²) in [5.74, 6) is 1.76. The maximum Gasteiger partial charge on any atom is 0.167 e. The zero-order valence-electron chi connectivity index (χ0n) is 28.9. The average molecular weight is 692 g/mol. The minimum Gasteiger partial charge on any atom is -0.455 e. The molecule has 54 heavy (non-hydrogen) atoms. The molecule has 0 atom stereocenters. The molecule has 3 aromatic heterocycles. The number of hydrogen-bond donors (Lipinski definition) is 0. The van der Waals surface area contributed by atoms with Crippen LogP contribution < -0.4 is 0 Å². The van der Waals surface area contributed by atoms with Crippen LogP contribution in [0.2, 0.25) is 0 Å². The fourth-order valence-corrected chi connectivity index (χ4v) is 7.71. The van der Waals surface area contributed by atoms with Gasteiger partial charge in [-0.1, -0.05) is 146 Å². The molecule has 3 heterocycles. The van der Waals surface area contributed by atoms with E-state index in [9.17, 15) is 0 Å². The molecule has 0 N–H and O–H groups in total. The van der Waals surface area contributed by atoms with E-state index in [4.69, 9.17) is 23.8 Å². The van der Waals surface area contributed by atoms with Gasteiger partial charge in [-0.05, 0) is 58.0 Å². The Morgan fingerprint density at radius 1 is 0.278 bits per heavy atom. The SMILES string of the molecule is c1ccc(-c2ccc3c(c2)oc2c4ccccc4c(-c4ccc(-c5nc(-c6ccccc6)nc(-c6cccc7c6oc6ccccc67)n5)cc4)cc32)cc1. The van der Waals surface area contributed by atoms with Crippen LogP contribution in [0.1, 0.15) is 0 Å². The molecular formula is C49H29N3O2. The summed E-state index contributed by atoms with van der Waals surface area (Å²) in [4.78, 5) is 15.1. The number of furan rings is 2. The summed E-state index contributed by atoms with van der Waals surface area (Å²) in [5.41, 5.74) is 10.5. The van der Waals surface area contributed by atoms with Gasteiger partial charge in [0.2, 0.25) is 0 Å². The van der Waals surface area contributed by atoms with E-state index in [0.717, 1.165) is 88.0 Å². The first kappa shape index (κ1) is 30.3. The Morgan fingerprint density at radius 3 is 1.59 bits per heavy atom. The molecule has 0 saturated carbocycles. The number of hydrogen-bond acceptors (Lipinski definition) is 5. The molecule has 8 aromatic carbocycles. The van der Waals surface area contributed by atoms with Gasteiger partial charge in [0.15, 0.2) is 17.5 Å². The van der Waals surface area contributed by atoms with E-state index in [1.54, 1.807) is 0 Å². The second-order valence-electron chi connectivity index (χ2n) is 13.6. The second-order valence-corrected chi connectivity index (χ2v) is 13.6. The summed E-state index contributed by atoms with van der Waals surface area (Å²) >= 11 is 0. The van der Waals surface area contributed by atoms with E-state index in [1.165, 1.54) is 5.56 Å². The lowest BCUT2D eigenvalue weighted by molar-refractivity contribution is 0.669. The van der Waals surface area contributed by atoms with Crippen molar-refractivity contribution in [3.8, 4) is 56.4 Å². The number of rotatable bonds is 5. The van der Waals surface area contributed by atoms with Gasteiger partial charge >= 0.3 is 0 Å². The summed E-state index contributed by atoms with van der Waals surface area (Å²) in [6.45, 7) is 0. The van der Waals surface area contributed by atoms with Crippen molar-refractivity contribution in [1.29, 1.82) is 0 Å². The van der Waals surface area contributed by atoms with E-state index in [1.807, 2.05) is 66.7 Å². The highest BCUT2D eigenvalue weighted by atomic mass is 16.3. The second kappa shape index (κ2) is 12.1. The van der Waals surface area contributed by atoms with Crippen LogP contribution in [0.3, 0.4) is 0 Å². The number of fused-ring (bicyclic) bond motifs is 8. The summed E-state index contributed by atoms with van der Waals surface area (Å²) in [6, 6.07) is 60.5. The fourth-order valence-electron chi connectivity index (χ4n) is 7.71. The zero-order valence-corrected chi connectivity index (χ0v) is 28.9. The molecule has 5 heteroatoms. The van der Waals surface area contributed by atoms with Gasteiger partial charge in [0, 0.05) is 38.1 Å². The van der Waals surface area contributed by atoms with Crippen molar-refractivity contribution in [2.75, 3.05) is 0 Å². The largest absolute Gasteiger partial charge is 0.455 e. The third-order valence-electron chi connectivity index (χ3n) is 10.4. The van der Waals surface area contributed by atoms with E-state index in [0.29, 0.717) is 17.5 Å². The number of aromatic nitrogens is 3. The molecule has 0 fully saturated rings. The Bertz CT molecular complexity index is 3200. The highest BCUT2D eigenvalue weighted by molar-refractivity contribution is 6.19. The first-order valence-corrected chi connectivity index (χ1v) is 18.0. The van der Waals surface area contributed by atoms with Crippen molar-refractivity contribution < 1.29 is 8.83 Å². The molecule has 5 nitrogen and oxygen atoms in total. The van der Waals surface area contributed by atoms with Crippen molar-refractivity contribution in [1.82, 2.24) is 15.0 Å².